The van der Waals surface area contributed by atoms with Gasteiger partial charge in [-0.05, 0) is 13.0 Å². The molecule has 0 spiro atoms. The van der Waals surface area contributed by atoms with Crippen LogP contribution in [-0.2, 0) is 13.0 Å². The van der Waals surface area contributed by atoms with Crippen molar-refractivity contribution in [3.8, 4) is 11.4 Å². The molecule has 2 amide bonds. The lowest BCUT2D eigenvalue weighted by Crippen LogP contribution is -2.44. The molecule has 2 heterocycles. The number of benzene rings is 1. The van der Waals surface area contributed by atoms with E-state index in [2.05, 4.69) is 9.97 Å². The normalized spacial score (nSPS) is 13.6. The number of rotatable bonds is 1. The van der Waals surface area contributed by atoms with Crippen molar-refractivity contribution in [3.05, 3.63) is 51.4 Å². The van der Waals surface area contributed by atoms with E-state index in [1.165, 1.54) is 4.90 Å². The summed E-state index contributed by atoms with van der Waals surface area (Å²) >= 11 is 0. The van der Waals surface area contributed by atoms with Crippen molar-refractivity contribution in [2.24, 2.45) is 0 Å². The highest BCUT2D eigenvalue weighted by atomic mass is 16.2. The number of carbonyl (C=O) groups excluding carboxylic acids is 1. The molecule has 2 aromatic rings. The van der Waals surface area contributed by atoms with Gasteiger partial charge in [-0.2, -0.15) is 0 Å². The minimum atomic E-state index is -0.164. The molecule has 0 radical (unpaired) electrons. The summed E-state index contributed by atoms with van der Waals surface area (Å²) in [6.45, 7) is 2.89. The Hall–Kier alpha value is -2.63. The summed E-state index contributed by atoms with van der Waals surface area (Å²) in [6.07, 6.45) is 0.595. The number of aromatic nitrogens is 2. The first-order valence-corrected chi connectivity index (χ1v) is 7.61. The summed E-state index contributed by atoms with van der Waals surface area (Å²) in [4.78, 5) is 35.2. The van der Waals surface area contributed by atoms with Crippen LogP contribution in [0.3, 0.4) is 0 Å². The number of fused-ring (bicyclic) bond motifs is 1. The molecule has 0 unspecified atom stereocenters. The van der Waals surface area contributed by atoms with Crippen LogP contribution in [0.4, 0.5) is 4.79 Å². The van der Waals surface area contributed by atoms with E-state index in [0.717, 1.165) is 16.8 Å². The zero-order valence-electron chi connectivity index (χ0n) is 13.6. The molecule has 1 aromatic heterocycles. The minimum Gasteiger partial charge on any atom is -0.331 e. The number of hydrogen-bond acceptors (Lipinski definition) is 3. The molecule has 0 fully saturated rings. The molecule has 6 heteroatoms. The Bertz CT molecular complexity index is 810. The Morgan fingerprint density at radius 3 is 2.83 bits per heavy atom. The van der Waals surface area contributed by atoms with Gasteiger partial charge >= 0.3 is 6.03 Å². The lowest BCUT2D eigenvalue weighted by Gasteiger charge is -2.30. The molecule has 0 saturated carbocycles. The van der Waals surface area contributed by atoms with Crippen LogP contribution in [0.25, 0.3) is 11.4 Å². The summed E-state index contributed by atoms with van der Waals surface area (Å²) in [7, 11) is 3.42. The molecule has 23 heavy (non-hydrogen) atoms. The predicted octanol–water partition coefficient (Wildman–Crippen LogP) is 1.79. The van der Waals surface area contributed by atoms with Crippen molar-refractivity contribution in [2.45, 2.75) is 19.9 Å². The van der Waals surface area contributed by atoms with Crippen molar-refractivity contribution in [2.75, 3.05) is 20.6 Å². The third-order valence-corrected chi connectivity index (χ3v) is 4.01. The molecule has 6 nitrogen and oxygen atoms in total. The number of urea groups is 1. The zero-order chi connectivity index (χ0) is 16.6. The topological polar surface area (TPSA) is 69.3 Å². The highest BCUT2D eigenvalue weighted by molar-refractivity contribution is 5.74. The van der Waals surface area contributed by atoms with Gasteiger partial charge in [0.05, 0.1) is 17.8 Å². The number of hydrogen-bond donors (Lipinski definition) is 1. The first-order valence-electron chi connectivity index (χ1n) is 7.61. The Balaban J connectivity index is 1.96. The van der Waals surface area contributed by atoms with Gasteiger partial charge in [0, 0.05) is 32.6 Å². The predicted molar refractivity (Wildman–Crippen MR) is 88.2 cm³/mol. The third-order valence-electron chi connectivity index (χ3n) is 4.01. The highest BCUT2D eigenvalue weighted by Crippen LogP contribution is 2.19. The molecule has 3 rings (SSSR count). The quantitative estimate of drug-likeness (QED) is 0.873. The van der Waals surface area contributed by atoms with Crippen molar-refractivity contribution in [1.82, 2.24) is 19.8 Å². The second-order valence-electron chi connectivity index (χ2n) is 6.06. The molecule has 1 aromatic carbocycles. The Kier molecular flexibility index (Phi) is 3.90. The molecule has 0 atom stereocenters. The zero-order valence-corrected chi connectivity index (χ0v) is 13.6. The van der Waals surface area contributed by atoms with Gasteiger partial charge in [0.15, 0.2) is 0 Å². The molecule has 1 aliphatic heterocycles. The van der Waals surface area contributed by atoms with E-state index in [9.17, 15) is 9.59 Å². The van der Waals surface area contributed by atoms with Crippen LogP contribution in [0.1, 0.15) is 16.8 Å². The SMILES string of the molecule is Cc1cccc(-c2nc3c(c(=O)[nH]2)CN(C(=O)N(C)C)CC3)c1. The van der Waals surface area contributed by atoms with Crippen molar-refractivity contribution in [3.63, 3.8) is 0 Å². The number of H-pyrrole nitrogens is 1. The van der Waals surface area contributed by atoms with Gasteiger partial charge < -0.3 is 14.8 Å². The smallest absolute Gasteiger partial charge is 0.319 e. The van der Waals surface area contributed by atoms with E-state index in [4.69, 9.17) is 0 Å². The maximum atomic E-state index is 12.4. The lowest BCUT2D eigenvalue weighted by atomic mass is 10.1. The van der Waals surface area contributed by atoms with Gasteiger partial charge in [-0.15, -0.1) is 0 Å². The Labute approximate surface area is 134 Å². The summed E-state index contributed by atoms with van der Waals surface area (Å²) in [5.41, 5.74) is 3.22. The molecule has 120 valence electrons. The maximum Gasteiger partial charge on any atom is 0.319 e. The molecule has 0 aliphatic carbocycles. The van der Waals surface area contributed by atoms with Crippen LogP contribution in [0.15, 0.2) is 29.1 Å². The third kappa shape index (κ3) is 2.97. The minimum absolute atomic E-state index is 0.0854. The van der Waals surface area contributed by atoms with E-state index in [1.807, 2.05) is 31.2 Å². The second kappa shape index (κ2) is 5.87. The number of aryl methyl sites for hydroxylation is 1. The van der Waals surface area contributed by atoms with Gasteiger partial charge in [0.25, 0.3) is 5.56 Å². The van der Waals surface area contributed by atoms with E-state index in [1.54, 1.807) is 19.0 Å². The van der Waals surface area contributed by atoms with Crippen molar-refractivity contribution < 1.29 is 4.79 Å². The number of nitrogens with zero attached hydrogens (tertiary/aromatic N) is 3. The van der Waals surface area contributed by atoms with Crippen molar-refractivity contribution >= 4 is 6.03 Å². The number of amides is 2. The maximum absolute atomic E-state index is 12.4. The Morgan fingerprint density at radius 2 is 2.13 bits per heavy atom. The van der Waals surface area contributed by atoms with Gasteiger partial charge in [0.2, 0.25) is 0 Å². The summed E-state index contributed by atoms with van der Waals surface area (Å²) < 4.78 is 0. The molecular formula is C17H20N4O2. The highest BCUT2D eigenvalue weighted by Gasteiger charge is 2.25. The molecular weight excluding hydrogens is 292 g/mol. The number of carbonyl (C=O) groups is 1. The largest absolute Gasteiger partial charge is 0.331 e. The molecule has 1 aliphatic rings. The molecule has 1 N–H and O–H groups in total. The van der Waals surface area contributed by atoms with Crippen LogP contribution in [0, 0.1) is 6.92 Å². The molecule has 0 saturated heterocycles. The second-order valence-corrected chi connectivity index (χ2v) is 6.06. The van der Waals surface area contributed by atoms with Crippen LogP contribution < -0.4 is 5.56 Å². The van der Waals surface area contributed by atoms with Gasteiger partial charge in [-0.1, -0.05) is 23.8 Å². The van der Waals surface area contributed by atoms with Crippen LogP contribution in [0.2, 0.25) is 0 Å². The summed E-state index contributed by atoms with van der Waals surface area (Å²) in [5.74, 6) is 0.588. The first-order chi connectivity index (χ1) is 11.0. The average molecular weight is 312 g/mol. The summed E-state index contributed by atoms with van der Waals surface area (Å²) in [6, 6.07) is 7.79. The lowest BCUT2D eigenvalue weighted by molar-refractivity contribution is 0.165. The summed E-state index contributed by atoms with van der Waals surface area (Å²) in [5, 5.41) is 0. The standard InChI is InChI=1S/C17H20N4O2/c1-11-5-4-6-12(9-11)15-18-14-7-8-21(17(23)20(2)3)10-13(14)16(22)19-15/h4-6,9H,7-8,10H2,1-3H3,(H,18,19,22). The fourth-order valence-electron chi connectivity index (χ4n) is 2.80. The van der Waals surface area contributed by atoms with Gasteiger partial charge in [-0.3, -0.25) is 4.79 Å². The van der Waals surface area contributed by atoms with E-state index < -0.39 is 0 Å². The monoisotopic (exact) mass is 312 g/mol. The fraction of sp³-hybridized carbons (Fsp3) is 0.353. The van der Waals surface area contributed by atoms with Crippen LogP contribution >= 0.6 is 0 Å². The van der Waals surface area contributed by atoms with E-state index >= 15 is 0 Å². The van der Waals surface area contributed by atoms with Crippen LogP contribution in [-0.4, -0.2) is 46.4 Å². The average Bonchev–Trinajstić information content (AvgIpc) is 2.53. The Morgan fingerprint density at radius 1 is 1.35 bits per heavy atom. The number of aromatic amines is 1. The van der Waals surface area contributed by atoms with E-state index in [0.29, 0.717) is 30.9 Å². The fourth-order valence-corrected chi connectivity index (χ4v) is 2.80. The molecule has 0 bridgehead atoms. The van der Waals surface area contributed by atoms with Crippen LogP contribution in [0.5, 0.6) is 0 Å². The van der Waals surface area contributed by atoms with Gasteiger partial charge in [-0.25, -0.2) is 9.78 Å². The number of nitrogens with one attached hydrogen (secondary N) is 1. The van der Waals surface area contributed by atoms with Crippen molar-refractivity contribution in [1.29, 1.82) is 0 Å². The first kappa shape index (κ1) is 15.3. The van der Waals surface area contributed by atoms with Gasteiger partial charge in [0.1, 0.15) is 5.82 Å². The van der Waals surface area contributed by atoms with E-state index in [-0.39, 0.29) is 11.6 Å².